The van der Waals surface area contributed by atoms with Crippen molar-refractivity contribution >= 4 is 0 Å². The molecule has 13 heavy (non-hydrogen) atoms. The summed E-state index contributed by atoms with van der Waals surface area (Å²) in [6, 6.07) is 0. The quantitative estimate of drug-likeness (QED) is 0.463. The van der Waals surface area contributed by atoms with Gasteiger partial charge in [0.15, 0.2) is 6.17 Å². The first-order valence-electron chi connectivity index (χ1n) is 3.96. The van der Waals surface area contributed by atoms with Crippen LogP contribution in [-0.2, 0) is 0 Å². The zero-order valence-electron chi connectivity index (χ0n) is 7.24. The van der Waals surface area contributed by atoms with Crippen LogP contribution in [0.25, 0.3) is 0 Å². The first-order valence-corrected chi connectivity index (χ1v) is 3.96. The van der Waals surface area contributed by atoms with Crippen LogP contribution in [-0.4, -0.2) is 38.4 Å². The van der Waals surface area contributed by atoms with Gasteiger partial charge in [0.05, 0.1) is 0 Å². The Morgan fingerprint density at radius 2 is 1.69 bits per heavy atom. The Kier molecular flexibility index (Phi) is 4.18. The maximum absolute atomic E-state index is 12.8. The Hall–Kier alpha value is -0.300. The van der Waals surface area contributed by atoms with Crippen LogP contribution in [0.3, 0.4) is 0 Å². The Labute approximate surface area is 74.4 Å². The highest BCUT2D eigenvalue weighted by molar-refractivity contribution is 4.82. The number of aliphatic hydroxyl groups is 4. The van der Waals surface area contributed by atoms with Crippen LogP contribution in [0.15, 0.2) is 0 Å². The standard InChI is InChI=1S/C7H14F2O4/c1-2-3-4-5(8)6(9,10)7(11,12)13/h5,10-13H,2-4H2,1H3. The van der Waals surface area contributed by atoms with E-state index in [0.717, 1.165) is 0 Å². The van der Waals surface area contributed by atoms with Crippen LogP contribution in [0.4, 0.5) is 8.78 Å². The summed E-state index contributed by atoms with van der Waals surface area (Å²) in [6.07, 6.45) is -2.10. The molecule has 0 aliphatic carbocycles. The zero-order valence-corrected chi connectivity index (χ0v) is 7.24. The van der Waals surface area contributed by atoms with E-state index in [1.807, 2.05) is 0 Å². The predicted octanol–water partition coefficient (Wildman–Crippen LogP) is -0.196. The summed E-state index contributed by atoms with van der Waals surface area (Å²) < 4.78 is 25.5. The molecule has 2 unspecified atom stereocenters. The molecule has 0 aromatic rings. The molecule has 0 fully saturated rings. The number of hydrogen-bond donors (Lipinski definition) is 4. The van der Waals surface area contributed by atoms with Gasteiger partial charge in [-0.3, -0.25) is 0 Å². The molecule has 0 bridgehead atoms. The lowest BCUT2D eigenvalue weighted by Crippen LogP contribution is -2.57. The van der Waals surface area contributed by atoms with Gasteiger partial charge >= 0.3 is 11.8 Å². The highest BCUT2D eigenvalue weighted by Gasteiger charge is 2.55. The summed E-state index contributed by atoms with van der Waals surface area (Å²) in [5.74, 6) is -8.12. The highest BCUT2D eigenvalue weighted by atomic mass is 19.2. The fourth-order valence-corrected chi connectivity index (χ4v) is 0.785. The number of alkyl halides is 2. The third-order valence-corrected chi connectivity index (χ3v) is 1.70. The molecule has 0 aromatic heterocycles. The van der Waals surface area contributed by atoms with Gasteiger partial charge in [0.1, 0.15) is 0 Å². The minimum Gasteiger partial charge on any atom is -0.353 e. The number of hydrogen-bond acceptors (Lipinski definition) is 4. The van der Waals surface area contributed by atoms with E-state index < -0.39 is 24.4 Å². The molecule has 4 N–H and O–H groups in total. The molecule has 0 radical (unpaired) electrons. The Morgan fingerprint density at radius 1 is 1.23 bits per heavy atom. The summed E-state index contributed by atoms with van der Waals surface area (Å²) in [5, 5.41) is 33.3. The monoisotopic (exact) mass is 200 g/mol. The van der Waals surface area contributed by atoms with Crippen LogP contribution in [0.2, 0.25) is 0 Å². The summed E-state index contributed by atoms with van der Waals surface area (Å²) in [6.45, 7) is 1.72. The Morgan fingerprint density at radius 3 is 2.00 bits per heavy atom. The molecule has 2 atom stereocenters. The molecule has 0 aromatic carbocycles. The molecule has 0 amide bonds. The molecular weight excluding hydrogens is 186 g/mol. The van der Waals surface area contributed by atoms with Gasteiger partial charge in [0.2, 0.25) is 0 Å². The van der Waals surface area contributed by atoms with E-state index in [1.54, 1.807) is 6.92 Å². The van der Waals surface area contributed by atoms with Crippen LogP contribution in [0.5, 0.6) is 0 Å². The summed E-state index contributed by atoms with van der Waals surface area (Å²) in [4.78, 5) is 0. The van der Waals surface area contributed by atoms with E-state index in [0.29, 0.717) is 6.42 Å². The van der Waals surface area contributed by atoms with Gasteiger partial charge in [0, 0.05) is 0 Å². The van der Waals surface area contributed by atoms with E-state index in [-0.39, 0.29) is 6.42 Å². The fourth-order valence-electron chi connectivity index (χ4n) is 0.785. The molecule has 0 spiro atoms. The van der Waals surface area contributed by atoms with Gasteiger partial charge in [-0.05, 0) is 6.42 Å². The average molecular weight is 200 g/mol. The van der Waals surface area contributed by atoms with Gasteiger partial charge in [-0.25, -0.2) is 4.39 Å². The van der Waals surface area contributed by atoms with E-state index in [4.69, 9.17) is 20.4 Å². The summed E-state index contributed by atoms with van der Waals surface area (Å²) in [5.41, 5.74) is 0. The first kappa shape index (κ1) is 12.7. The topological polar surface area (TPSA) is 80.9 Å². The largest absolute Gasteiger partial charge is 0.353 e. The molecule has 0 saturated heterocycles. The maximum atomic E-state index is 12.8. The SMILES string of the molecule is CCCCC(F)C(O)(F)C(O)(O)O. The fraction of sp³-hybridized carbons (Fsp3) is 1.00. The predicted molar refractivity (Wildman–Crippen MR) is 39.9 cm³/mol. The van der Waals surface area contributed by atoms with Crippen LogP contribution >= 0.6 is 0 Å². The Bertz CT molecular complexity index is 155. The first-order chi connectivity index (χ1) is 5.73. The van der Waals surface area contributed by atoms with Crippen molar-refractivity contribution in [2.24, 2.45) is 0 Å². The number of rotatable bonds is 5. The second-order valence-electron chi connectivity index (χ2n) is 2.92. The smallest absolute Gasteiger partial charge is 0.341 e. The molecule has 6 heteroatoms. The van der Waals surface area contributed by atoms with Gasteiger partial charge in [0.25, 0.3) is 0 Å². The van der Waals surface area contributed by atoms with E-state index in [9.17, 15) is 8.78 Å². The molecule has 0 heterocycles. The molecule has 4 nitrogen and oxygen atoms in total. The van der Waals surface area contributed by atoms with Crippen LogP contribution in [0, 0.1) is 0 Å². The van der Waals surface area contributed by atoms with Crippen molar-refractivity contribution in [3.05, 3.63) is 0 Å². The lowest BCUT2D eigenvalue weighted by atomic mass is 10.0. The van der Waals surface area contributed by atoms with Crippen molar-refractivity contribution in [1.29, 1.82) is 0 Å². The third-order valence-electron chi connectivity index (χ3n) is 1.70. The average Bonchev–Trinajstić information content (AvgIpc) is 1.97. The minimum absolute atomic E-state index is 0.267. The van der Waals surface area contributed by atoms with Gasteiger partial charge in [-0.1, -0.05) is 19.8 Å². The van der Waals surface area contributed by atoms with Crippen molar-refractivity contribution in [1.82, 2.24) is 0 Å². The van der Waals surface area contributed by atoms with Crippen LogP contribution < -0.4 is 0 Å². The Balaban J connectivity index is 4.27. The van der Waals surface area contributed by atoms with Crippen molar-refractivity contribution in [3.63, 3.8) is 0 Å². The summed E-state index contributed by atoms with van der Waals surface area (Å²) in [7, 11) is 0. The zero-order chi connectivity index (χ0) is 10.7. The van der Waals surface area contributed by atoms with E-state index in [2.05, 4.69) is 0 Å². The summed E-state index contributed by atoms with van der Waals surface area (Å²) >= 11 is 0. The normalized spacial score (nSPS) is 19.6. The molecule has 0 aliphatic heterocycles. The molecule has 0 rings (SSSR count). The molecular formula is C7H14F2O4. The lowest BCUT2D eigenvalue weighted by Gasteiger charge is -2.30. The number of halogens is 2. The molecule has 0 saturated carbocycles. The second-order valence-corrected chi connectivity index (χ2v) is 2.92. The van der Waals surface area contributed by atoms with Gasteiger partial charge in [-0.2, -0.15) is 4.39 Å². The number of unbranched alkanes of at least 4 members (excludes halogenated alkanes) is 1. The van der Waals surface area contributed by atoms with E-state index in [1.165, 1.54) is 0 Å². The maximum Gasteiger partial charge on any atom is 0.341 e. The molecule has 80 valence electrons. The highest BCUT2D eigenvalue weighted by Crippen LogP contribution is 2.28. The van der Waals surface area contributed by atoms with E-state index >= 15 is 0 Å². The lowest BCUT2D eigenvalue weighted by molar-refractivity contribution is -0.437. The minimum atomic E-state index is -4.07. The molecule has 0 aliphatic rings. The van der Waals surface area contributed by atoms with Crippen molar-refractivity contribution < 1.29 is 29.2 Å². The second kappa shape index (κ2) is 4.28. The van der Waals surface area contributed by atoms with Crippen LogP contribution in [0.1, 0.15) is 26.2 Å². The van der Waals surface area contributed by atoms with Crippen molar-refractivity contribution in [2.75, 3.05) is 0 Å². The van der Waals surface area contributed by atoms with Crippen molar-refractivity contribution in [3.8, 4) is 0 Å². The van der Waals surface area contributed by atoms with Gasteiger partial charge in [-0.15, -0.1) is 0 Å². The van der Waals surface area contributed by atoms with Crippen molar-refractivity contribution in [2.45, 2.75) is 44.2 Å². The van der Waals surface area contributed by atoms with Gasteiger partial charge < -0.3 is 20.4 Å². The third kappa shape index (κ3) is 3.15.